The number of rotatable bonds is 5. The van der Waals surface area contributed by atoms with E-state index in [0.717, 1.165) is 33.8 Å². The van der Waals surface area contributed by atoms with Crippen LogP contribution in [-0.2, 0) is 0 Å². The zero-order valence-corrected chi connectivity index (χ0v) is 27.8. The van der Waals surface area contributed by atoms with Gasteiger partial charge in [0.25, 0.3) is 0 Å². The highest BCUT2D eigenvalue weighted by atomic mass is 32.1. The van der Waals surface area contributed by atoms with Crippen molar-refractivity contribution in [3.8, 4) is 16.8 Å². The van der Waals surface area contributed by atoms with Crippen LogP contribution in [0.2, 0.25) is 0 Å². The minimum Gasteiger partial charge on any atom is -0.344 e. The summed E-state index contributed by atoms with van der Waals surface area (Å²) in [5, 5.41) is 8.76. The molecule has 1 aliphatic rings. The average Bonchev–Trinajstić information content (AvgIpc) is 3.75. The van der Waals surface area contributed by atoms with Gasteiger partial charge < -0.3 is 9.88 Å². The maximum Gasteiger partial charge on any atom is 0.159 e. The van der Waals surface area contributed by atoms with Gasteiger partial charge in [-0.15, -0.1) is 11.3 Å². The van der Waals surface area contributed by atoms with Crippen LogP contribution >= 0.6 is 11.3 Å². The van der Waals surface area contributed by atoms with E-state index < -0.39 is 0 Å². The molecule has 2 aromatic heterocycles. The molecule has 7 aromatic carbocycles. The zero-order chi connectivity index (χ0) is 33.0. The summed E-state index contributed by atoms with van der Waals surface area (Å²) in [7, 11) is 0. The van der Waals surface area contributed by atoms with Gasteiger partial charge in [0.05, 0.1) is 15.7 Å². The first-order chi connectivity index (χ1) is 24.8. The van der Waals surface area contributed by atoms with Crippen LogP contribution < -0.4 is 5.32 Å². The van der Waals surface area contributed by atoms with E-state index in [1.165, 1.54) is 47.5 Å². The number of nitrogens with zero attached hydrogens (tertiary/aromatic N) is 3. The van der Waals surface area contributed by atoms with Crippen molar-refractivity contribution in [1.82, 2.24) is 9.88 Å². The molecule has 0 aliphatic carbocycles. The van der Waals surface area contributed by atoms with E-state index in [9.17, 15) is 0 Å². The Balaban J connectivity index is 1.10. The fourth-order valence-electron chi connectivity index (χ4n) is 7.27. The molecule has 9 aromatic rings. The van der Waals surface area contributed by atoms with Gasteiger partial charge >= 0.3 is 0 Å². The number of hydrogen-bond acceptors (Lipinski definition) is 4. The van der Waals surface area contributed by atoms with Gasteiger partial charge in [-0.1, -0.05) is 127 Å². The molecule has 0 saturated heterocycles. The third-order valence-corrected chi connectivity index (χ3v) is 10.9. The van der Waals surface area contributed by atoms with E-state index in [-0.39, 0.29) is 6.17 Å². The standard InChI is InChI=1S/C45H30N4S/c1-3-12-29(13-4-1)32-16-11-17-33(28-32)45-47-43(30-14-5-2-6-15-30)46-44(48-45)31-22-24-34(25-23-31)49-39-20-9-7-18-35(39)37-26-27-38-36-19-8-10-21-40(36)50-42(38)41(37)49/h1-28,45H,(H,46,47,48). The second kappa shape index (κ2) is 11.7. The minimum absolute atomic E-state index is 0.292. The maximum atomic E-state index is 5.20. The molecule has 0 radical (unpaired) electrons. The summed E-state index contributed by atoms with van der Waals surface area (Å²) in [5.41, 5.74) is 8.98. The van der Waals surface area contributed by atoms with Crippen LogP contribution in [0.15, 0.2) is 180 Å². The molecular formula is C45H30N4S. The molecule has 0 spiro atoms. The number of amidine groups is 2. The fourth-order valence-corrected chi connectivity index (χ4v) is 8.51. The molecule has 1 atom stereocenters. The molecule has 0 amide bonds. The Morgan fingerprint density at radius 1 is 0.520 bits per heavy atom. The lowest BCUT2D eigenvalue weighted by Gasteiger charge is -2.24. The number of aromatic nitrogens is 1. The highest BCUT2D eigenvalue weighted by Crippen LogP contribution is 2.43. The predicted octanol–water partition coefficient (Wildman–Crippen LogP) is 11.3. The summed E-state index contributed by atoms with van der Waals surface area (Å²) >= 11 is 1.87. The molecule has 236 valence electrons. The molecule has 1 N–H and O–H groups in total. The van der Waals surface area contributed by atoms with Crippen molar-refractivity contribution in [1.29, 1.82) is 0 Å². The van der Waals surface area contributed by atoms with Crippen molar-refractivity contribution in [2.75, 3.05) is 0 Å². The third kappa shape index (κ3) is 4.74. The first-order valence-electron chi connectivity index (χ1n) is 16.9. The SMILES string of the molecule is c1ccc(C2=NC(c3ccc(-n4c5ccccc5c5ccc6c7ccccc7sc6c54)cc3)=NC(c3cccc(-c4ccccc4)c3)N2)cc1. The smallest absolute Gasteiger partial charge is 0.159 e. The molecule has 10 rings (SSSR count). The lowest BCUT2D eigenvalue weighted by atomic mass is 10.0. The highest BCUT2D eigenvalue weighted by molar-refractivity contribution is 7.26. The van der Waals surface area contributed by atoms with Gasteiger partial charge in [0.1, 0.15) is 12.0 Å². The van der Waals surface area contributed by atoms with Crippen LogP contribution in [0.4, 0.5) is 0 Å². The largest absolute Gasteiger partial charge is 0.344 e. The van der Waals surface area contributed by atoms with Crippen LogP contribution in [0.3, 0.4) is 0 Å². The second-order valence-corrected chi connectivity index (χ2v) is 13.7. The summed E-state index contributed by atoms with van der Waals surface area (Å²) in [5.74, 6) is 1.52. The Morgan fingerprint density at radius 2 is 1.20 bits per heavy atom. The minimum atomic E-state index is -0.292. The third-order valence-electron chi connectivity index (χ3n) is 9.66. The van der Waals surface area contributed by atoms with Crippen molar-refractivity contribution < 1.29 is 0 Å². The number of hydrogen-bond donors (Lipinski definition) is 1. The number of fused-ring (bicyclic) bond motifs is 7. The number of aliphatic imine (C=N–C) groups is 2. The number of thiophene rings is 1. The molecular weight excluding hydrogens is 629 g/mol. The first-order valence-corrected chi connectivity index (χ1v) is 17.7. The van der Waals surface area contributed by atoms with Crippen LogP contribution in [0.25, 0.3) is 58.8 Å². The van der Waals surface area contributed by atoms with Gasteiger partial charge in [0.15, 0.2) is 5.84 Å². The lowest BCUT2D eigenvalue weighted by molar-refractivity contribution is 0.674. The molecule has 4 nitrogen and oxygen atoms in total. The van der Waals surface area contributed by atoms with Crippen LogP contribution in [0, 0.1) is 0 Å². The summed E-state index contributed by atoms with van der Waals surface area (Å²) in [6.45, 7) is 0. The molecule has 1 aliphatic heterocycles. The molecule has 50 heavy (non-hydrogen) atoms. The lowest BCUT2D eigenvalue weighted by Crippen LogP contribution is -2.33. The van der Waals surface area contributed by atoms with Gasteiger partial charge in [-0.2, -0.15) is 0 Å². The van der Waals surface area contributed by atoms with E-state index >= 15 is 0 Å². The molecule has 1 unspecified atom stereocenters. The highest BCUT2D eigenvalue weighted by Gasteiger charge is 2.22. The Morgan fingerprint density at radius 3 is 2.02 bits per heavy atom. The van der Waals surface area contributed by atoms with Crippen molar-refractivity contribution in [3.05, 3.63) is 187 Å². The van der Waals surface area contributed by atoms with E-state index in [1.54, 1.807) is 0 Å². The maximum absolute atomic E-state index is 5.20. The van der Waals surface area contributed by atoms with Crippen LogP contribution in [0.1, 0.15) is 22.9 Å². The first kappa shape index (κ1) is 28.7. The molecule has 0 bridgehead atoms. The quantitative estimate of drug-likeness (QED) is 0.196. The van der Waals surface area contributed by atoms with E-state index in [2.05, 4.69) is 155 Å². The van der Waals surface area contributed by atoms with E-state index in [0.29, 0.717) is 5.84 Å². The van der Waals surface area contributed by atoms with Gasteiger partial charge in [-0.05, 0) is 59.2 Å². The Labute approximate surface area is 293 Å². The summed E-state index contributed by atoms with van der Waals surface area (Å²) in [6.07, 6.45) is -0.292. The van der Waals surface area contributed by atoms with Crippen LogP contribution in [-0.4, -0.2) is 16.2 Å². The summed E-state index contributed by atoms with van der Waals surface area (Å²) in [4.78, 5) is 10.3. The van der Waals surface area contributed by atoms with Crippen molar-refractivity contribution in [3.63, 3.8) is 0 Å². The van der Waals surface area contributed by atoms with Gasteiger partial charge in [-0.3, -0.25) is 0 Å². The Kier molecular flexibility index (Phi) is 6.71. The van der Waals surface area contributed by atoms with Gasteiger partial charge in [0, 0.05) is 43.1 Å². The van der Waals surface area contributed by atoms with Crippen molar-refractivity contribution in [2.24, 2.45) is 9.98 Å². The molecule has 0 fully saturated rings. The van der Waals surface area contributed by atoms with Crippen molar-refractivity contribution >= 4 is 65.0 Å². The molecule has 5 heteroatoms. The average molecular weight is 659 g/mol. The van der Waals surface area contributed by atoms with Crippen molar-refractivity contribution in [2.45, 2.75) is 6.17 Å². The number of para-hydroxylation sites is 1. The van der Waals surface area contributed by atoms with Crippen LogP contribution in [0.5, 0.6) is 0 Å². The molecule has 0 saturated carbocycles. The summed E-state index contributed by atoms with van der Waals surface area (Å²) < 4.78 is 5.04. The normalized spacial score (nSPS) is 14.6. The monoisotopic (exact) mass is 658 g/mol. The Bertz CT molecular complexity index is 2770. The number of nitrogens with one attached hydrogen (secondary N) is 1. The zero-order valence-electron chi connectivity index (χ0n) is 27.0. The van der Waals surface area contributed by atoms with Gasteiger partial charge in [-0.25, -0.2) is 9.98 Å². The second-order valence-electron chi connectivity index (χ2n) is 12.7. The fraction of sp³-hybridized carbons (Fsp3) is 0.0222. The summed E-state index contributed by atoms with van der Waals surface area (Å²) in [6, 6.07) is 60.2. The van der Waals surface area contributed by atoms with E-state index in [4.69, 9.17) is 9.98 Å². The molecule has 3 heterocycles. The van der Waals surface area contributed by atoms with Gasteiger partial charge in [0.2, 0.25) is 0 Å². The predicted molar refractivity (Wildman–Crippen MR) is 211 cm³/mol. The topological polar surface area (TPSA) is 41.7 Å². The van der Waals surface area contributed by atoms with E-state index in [1.807, 2.05) is 35.6 Å². The Hall–Kier alpha value is -6.30. The number of benzene rings is 7.